The lowest BCUT2D eigenvalue weighted by Gasteiger charge is -2.44. The van der Waals surface area contributed by atoms with Gasteiger partial charge in [0, 0.05) is 61.1 Å². The first kappa shape index (κ1) is 66.5. The molecule has 4 unspecified atom stereocenters. The van der Waals surface area contributed by atoms with Gasteiger partial charge in [-0.05, 0) is 175 Å². The van der Waals surface area contributed by atoms with Crippen LogP contribution in [0.5, 0.6) is 0 Å². The zero-order valence-corrected chi connectivity index (χ0v) is 53.4. The topological polar surface area (TPSA) is 205 Å². The van der Waals surface area contributed by atoms with Crippen molar-refractivity contribution in [1.29, 1.82) is 0 Å². The number of Topliss-reactive ketones (excluding diaryl/α,β-unsaturated/α-hetero) is 2. The van der Waals surface area contributed by atoms with Gasteiger partial charge < -0.3 is 38.6 Å². The summed E-state index contributed by atoms with van der Waals surface area (Å²) in [5.41, 5.74) is -6.89. The number of amides is 4. The molecule has 7 aliphatic heterocycles. The normalized spacial score (nSPS) is 31.7. The summed E-state index contributed by atoms with van der Waals surface area (Å²) < 4.78 is 40.7. The number of hydrogen-bond donors (Lipinski definition) is 2. The van der Waals surface area contributed by atoms with Gasteiger partial charge in [-0.3, -0.25) is 28.8 Å². The molecule has 16 nitrogen and oxygen atoms in total. The van der Waals surface area contributed by atoms with E-state index in [1.54, 1.807) is 24.3 Å². The predicted molar refractivity (Wildman–Crippen MR) is 318 cm³/mol. The lowest BCUT2D eigenvalue weighted by atomic mass is 9.62. The van der Waals surface area contributed by atoms with Gasteiger partial charge in [-0.15, -0.1) is 0 Å². The van der Waals surface area contributed by atoms with Crippen LogP contribution in [-0.2, 0) is 38.0 Å². The molecule has 8 aliphatic rings. The molecule has 0 aromatic heterocycles. The number of aliphatic hydroxyl groups is 2. The maximum Gasteiger partial charge on any atom is 0.263 e. The van der Waals surface area contributed by atoms with E-state index < -0.39 is 78.7 Å². The first-order valence-electron chi connectivity index (χ1n) is 30.8. The van der Waals surface area contributed by atoms with Gasteiger partial charge in [-0.2, -0.15) is 0 Å². The predicted octanol–water partition coefficient (Wildman–Crippen LogP) is 11.8. The van der Waals surface area contributed by atoms with Crippen molar-refractivity contribution in [3.8, 4) is 0 Å². The van der Waals surface area contributed by atoms with Crippen LogP contribution in [0.4, 0.5) is 0 Å². The van der Waals surface area contributed by atoms with E-state index >= 15 is 4.79 Å². The van der Waals surface area contributed by atoms with Crippen molar-refractivity contribution in [3.05, 3.63) is 46.5 Å². The number of carbonyl (C=O) groups excluding carboxylic acids is 6. The summed E-state index contributed by atoms with van der Waals surface area (Å²) in [5.74, 6) is -2.44. The third-order valence-electron chi connectivity index (χ3n) is 19.6. The molecular weight excluding hydrogens is 1060 g/mol. The van der Waals surface area contributed by atoms with Gasteiger partial charge in [0.2, 0.25) is 0 Å². The summed E-state index contributed by atoms with van der Waals surface area (Å²) >= 11 is 0. The van der Waals surface area contributed by atoms with Crippen molar-refractivity contribution in [2.45, 2.75) is 229 Å². The highest BCUT2D eigenvalue weighted by Gasteiger charge is 2.48. The van der Waals surface area contributed by atoms with Crippen LogP contribution in [-0.4, -0.2) is 143 Å². The van der Waals surface area contributed by atoms with Crippen LogP contribution in [0, 0.1) is 38.9 Å². The largest absolute Gasteiger partial charge is 0.396 e. The van der Waals surface area contributed by atoms with E-state index in [-0.39, 0.29) is 96.3 Å². The summed E-state index contributed by atoms with van der Waals surface area (Å²) in [4.78, 5) is 89.4. The Balaban J connectivity index is 1.31. The third-order valence-corrected chi connectivity index (χ3v) is 19.6. The van der Waals surface area contributed by atoms with E-state index in [0.29, 0.717) is 110 Å². The van der Waals surface area contributed by atoms with Crippen molar-refractivity contribution < 1.29 is 67.4 Å². The number of aliphatic hydroxyl groups excluding tert-OH is 2. The molecule has 16 heteroatoms. The molecule has 2 aromatic carbocycles. The van der Waals surface area contributed by atoms with Crippen molar-refractivity contribution in [1.82, 2.24) is 9.80 Å². The van der Waals surface area contributed by atoms with E-state index in [0.717, 1.165) is 9.80 Å². The molecule has 2 fully saturated rings. The SMILES string of the molecule is CCC1(C)CCC2(C)CCC(C)(C)OCC(CO)(CO)COC(C)(C)CCC(C)(COCC(C)(C)CO2)CC(C)(C(=O)C2CCC(C(=O)C(C)(C)C)CC2)CCC(C)(C)OCN2C(=O)c3ccc4c5c(ccc(c35)C2=O)C(=O)N(CO1)C4=O. The summed E-state index contributed by atoms with van der Waals surface area (Å²) in [7, 11) is 0. The van der Waals surface area contributed by atoms with Crippen molar-refractivity contribution in [2.24, 2.45) is 38.9 Å². The number of carbonyl (C=O) groups is 6. The number of ether oxygens (including phenoxy) is 6. The molecule has 0 spiro atoms. The highest BCUT2D eigenvalue weighted by atomic mass is 16.5. The fraction of sp³-hybridized carbons (Fsp3) is 0.761. The Bertz CT molecular complexity index is 2670. The maximum atomic E-state index is 15.7. The molecule has 83 heavy (non-hydrogen) atoms. The molecule has 2 N–H and O–H groups in total. The van der Waals surface area contributed by atoms with Gasteiger partial charge >= 0.3 is 0 Å². The summed E-state index contributed by atoms with van der Waals surface area (Å²) in [5, 5.41) is 22.4. The monoisotopic (exact) mass is 1160 g/mol. The molecule has 4 amide bonds. The van der Waals surface area contributed by atoms with E-state index in [2.05, 4.69) is 34.6 Å². The minimum atomic E-state index is -1.12. The minimum Gasteiger partial charge on any atom is -0.396 e. The number of nitrogens with zero attached hydrogens (tertiary/aromatic N) is 2. The zero-order chi connectivity index (χ0) is 61.6. The van der Waals surface area contributed by atoms with E-state index in [1.165, 1.54) is 0 Å². The molecule has 7 heterocycles. The summed E-state index contributed by atoms with van der Waals surface area (Å²) in [6.07, 6.45) is 7.51. The molecule has 1 saturated carbocycles. The van der Waals surface area contributed by atoms with Crippen LogP contribution < -0.4 is 0 Å². The van der Waals surface area contributed by atoms with Crippen LogP contribution in [0.15, 0.2) is 24.3 Å². The Morgan fingerprint density at radius 3 is 1.43 bits per heavy atom. The van der Waals surface area contributed by atoms with E-state index in [1.807, 2.05) is 76.2 Å². The number of fused-ring (bicyclic) bond motifs is 2. The first-order chi connectivity index (χ1) is 38.4. The highest BCUT2D eigenvalue weighted by molar-refractivity contribution is 6.33. The van der Waals surface area contributed by atoms with Crippen molar-refractivity contribution in [3.63, 3.8) is 0 Å². The lowest BCUT2D eigenvalue weighted by molar-refractivity contribution is -0.153. The Morgan fingerprint density at radius 1 is 0.530 bits per heavy atom. The molecular formula is C67H102N2O14. The second kappa shape index (κ2) is 24.6. The first-order valence-corrected chi connectivity index (χ1v) is 30.8. The smallest absolute Gasteiger partial charge is 0.263 e. The molecule has 2 aromatic rings. The van der Waals surface area contributed by atoms with E-state index in [9.17, 15) is 34.2 Å². The lowest BCUT2D eigenvalue weighted by Crippen LogP contribution is -2.47. The number of hydrogen-bond acceptors (Lipinski definition) is 14. The number of imide groups is 2. The second-order valence-electron chi connectivity index (χ2n) is 30.6. The molecule has 464 valence electrons. The molecule has 10 rings (SSSR count). The second-order valence-corrected chi connectivity index (χ2v) is 30.6. The van der Waals surface area contributed by atoms with Crippen LogP contribution in [0.1, 0.15) is 242 Å². The average Bonchev–Trinajstić information content (AvgIpc) is 2.52. The van der Waals surface area contributed by atoms with Crippen molar-refractivity contribution in [2.75, 3.05) is 59.7 Å². The number of benzene rings is 2. The van der Waals surface area contributed by atoms with Gasteiger partial charge in [-0.1, -0.05) is 55.4 Å². The van der Waals surface area contributed by atoms with E-state index in [4.69, 9.17) is 28.4 Å². The van der Waals surface area contributed by atoms with Gasteiger partial charge in [0.15, 0.2) is 0 Å². The maximum absolute atomic E-state index is 15.7. The molecule has 1 aliphatic carbocycles. The molecule has 10 bridgehead atoms. The molecule has 0 radical (unpaired) electrons. The fourth-order valence-corrected chi connectivity index (χ4v) is 12.9. The van der Waals surface area contributed by atoms with Gasteiger partial charge in [-0.25, -0.2) is 9.80 Å². The minimum absolute atomic E-state index is 0.0269. The Morgan fingerprint density at radius 2 is 0.964 bits per heavy atom. The Labute approximate surface area is 495 Å². The third kappa shape index (κ3) is 15.2. The highest BCUT2D eigenvalue weighted by Crippen LogP contribution is 2.49. The van der Waals surface area contributed by atoms with Crippen LogP contribution in [0.25, 0.3) is 10.8 Å². The standard InChI is InChI=1S/C67H102N2O14/c1-17-65(15)32-33-66(16)31-28-61(9,10)80-41-67(35-70,36-71)40-79-60(7,8)26-29-63(13,39-78-37-59(5,6)38-81-66)34-64(14,53(73)45-20-18-44(19-21-45)52(72)58(2,3)4)30-27-62(11,12)82-42-68-54(74)46-22-24-48-51-49(25-23-47(50(46)51)55(68)75)57(77)69(43-83-65)56(48)76/h22-25,44-45,70-71H,17-21,26-43H2,1-16H3. The Kier molecular flexibility index (Phi) is 19.7. The Hall–Kier alpha value is -4.00. The van der Waals surface area contributed by atoms with Gasteiger partial charge in [0.05, 0.1) is 79.7 Å². The van der Waals surface area contributed by atoms with Crippen LogP contribution >= 0.6 is 0 Å². The van der Waals surface area contributed by atoms with Gasteiger partial charge in [0.25, 0.3) is 23.6 Å². The number of rotatable bonds is 6. The molecule has 4 atom stereocenters. The van der Waals surface area contributed by atoms with Crippen LogP contribution in [0.2, 0.25) is 0 Å². The van der Waals surface area contributed by atoms with Crippen molar-refractivity contribution >= 4 is 46.0 Å². The summed E-state index contributed by atoms with van der Waals surface area (Å²) in [6, 6.07) is 6.18. The average molecular weight is 1160 g/mol. The zero-order valence-electron chi connectivity index (χ0n) is 53.4. The summed E-state index contributed by atoms with van der Waals surface area (Å²) in [6.45, 7) is 31.9. The van der Waals surface area contributed by atoms with Gasteiger partial charge in [0.1, 0.15) is 25.0 Å². The number of ketones is 2. The molecule has 1 saturated heterocycles. The fourth-order valence-electron chi connectivity index (χ4n) is 12.9. The quantitative estimate of drug-likeness (QED) is 0.258. The van der Waals surface area contributed by atoms with Crippen LogP contribution in [0.3, 0.4) is 0 Å².